The third-order valence-corrected chi connectivity index (χ3v) is 3.09. The molecule has 0 fully saturated rings. The van der Waals surface area contributed by atoms with Gasteiger partial charge < -0.3 is 4.74 Å². The molecule has 0 aliphatic heterocycles. The van der Waals surface area contributed by atoms with E-state index in [4.69, 9.17) is 4.74 Å². The van der Waals surface area contributed by atoms with E-state index in [1.807, 2.05) is 48.5 Å². The molecule has 0 spiro atoms. The molecule has 4 heteroatoms. The van der Waals surface area contributed by atoms with Crippen molar-refractivity contribution in [3.05, 3.63) is 66.0 Å². The van der Waals surface area contributed by atoms with Crippen LogP contribution in [0.2, 0.25) is 0 Å². The van der Waals surface area contributed by atoms with Gasteiger partial charge in [-0.05, 0) is 24.6 Å². The number of benzene rings is 1. The Morgan fingerprint density at radius 1 is 1.15 bits per heavy atom. The fourth-order valence-corrected chi connectivity index (χ4v) is 2.04. The molecule has 0 saturated heterocycles. The highest BCUT2D eigenvalue weighted by Gasteiger charge is 2.21. The molecule has 1 N–H and O–H groups in total. The second kappa shape index (κ2) is 6.82. The first-order valence-corrected chi connectivity index (χ1v) is 6.52. The van der Waals surface area contributed by atoms with Gasteiger partial charge in [0.2, 0.25) is 0 Å². The molecule has 2 atom stereocenters. The van der Waals surface area contributed by atoms with Gasteiger partial charge in [0, 0.05) is 6.20 Å². The average Bonchev–Trinajstić information content (AvgIpc) is 2.53. The van der Waals surface area contributed by atoms with Gasteiger partial charge in [-0.3, -0.25) is 15.1 Å². The zero-order chi connectivity index (χ0) is 14.4. The smallest absolute Gasteiger partial charge is 0.322 e. The summed E-state index contributed by atoms with van der Waals surface area (Å²) >= 11 is 0. The van der Waals surface area contributed by atoms with E-state index in [0.29, 0.717) is 0 Å². The van der Waals surface area contributed by atoms with Crippen LogP contribution in [0.4, 0.5) is 0 Å². The van der Waals surface area contributed by atoms with Crippen LogP contribution >= 0.6 is 0 Å². The Kier molecular flexibility index (Phi) is 4.85. The number of ether oxygens (including phenoxy) is 1. The standard InChI is InChI=1S/C16H18N2O2/c1-12(16(19)20-2)18-15(13-8-4-3-5-9-13)14-10-6-7-11-17-14/h3-12,15,18H,1-2H3. The minimum absolute atomic E-state index is 0.147. The first-order chi connectivity index (χ1) is 9.72. The van der Waals surface area contributed by atoms with Gasteiger partial charge in [-0.25, -0.2) is 0 Å². The van der Waals surface area contributed by atoms with Gasteiger partial charge >= 0.3 is 5.97 Å². The second-order valence-electron chi connectivity index (χ2n) is 4.51. The van der Waals surface area contributed by atoms with Crippen LogP contribution in [0.3, 0.4) is 0 Å². The van der Waals surface area contributed by atoms with Crippen LogP contribution < -0.4 is 5.32 Å². The van der Waals surface area contributed by atoms with Crippen molar-refractivity contribution in [2.24, 2.45) is 0 Å². The summed E-state index contributed by atoms with van der Waals surface area (Å²) in [6.45, 7) is 1.78. The number of nitrogens with one attached hydrogen (secondary N) is 1. The highest BCUT2D eigenvalue weighted by molar-refractivity contribution is 5.75. The molecule has 4 nitrogen and oxygen atoms in total. The molecular formula is C16H18N2O2. The molecular weight excluding hydrogens is 252 g/mol. The first-order valence-electron chi connectivity index (χ1n) is 6.52. The molecule has 0 bridgehead atoms. The molecule has 0 saturated carbocycles. The summed E-state index contributed by atoms with van der Waals surface area (Å²) in [6.07, 6.45) is 1.75. The SMILES string of the molecule is COC(=O)C(C)NC(c1ccccc1)c1ccccn1. The van der Waals surface area contributed by atoms with Crippen LogP contribution in [0.1, 0.15) is 24.2 Å². The lowest BCUT2D eigenvalue weighted by molar-refractivity contribution is -0.142. The van der Waals surface area contributed by atoms with Gasteiger partial charge in [-0.15, -0.1) is 0 Å². The molecule has 0 amide bonds. The Hall–Kier alpha value is -2.20. The maximum atomic E-state index is 11.6. The van der Waals surface area contributed by atoms with E-state index in [1.54, 1.807) is 13.1 Å². The Labute approximate surface area is 118 Å². The molecule has 1 aromatic carbocycles. The van der Waals surface area contributed by atoms with Crippen LogP contribution in [0.15, 0.2) is 54.7 Å². The third-order valence-electron chi connectivity index (χ3n) is 3.09. The van der Waals surface area contributed by atoms with E-state index in [0.717, 1.165) is 11.3 Å². The summed E-state index contributed by atoms with van der Waals surface area (Å²) in [6, 6.07) is 15.1. The molecule has 1 heterocycles. The predicted octanol–water partition coefficient (Wildman–Crippen LogP) is 2.32. The van der Waals surface area contributed by atoms with E-state index in [2.05, 4.69) is 10.3 Å². The molecule has 104 valence electrons. The minimum Gasteiger partial charge on any atom is -0.468 e. The molecule has 2 rings (SSSR count). The summed E-state index contributed by atoms with van der Waals surface area (Å²) < 4.78 is 4.76. The van der Waals surface area contributed by atoms with Crippen molar-refractivity contribution in [2.75, 3.05) is 7.11 Å². The van der Waals surface area contributed by atoms with E-state index < -0.39 is 6.04 Å². The molecule has 2 aromatic rings. The lowest BCUT2D eigenvalue weighted by Gasteiger charge is -2.22. The summed E-state index contributed by atoms with van der Waals surface area (Å²) in [5.41, 5.74) is 1.93. The number of methoxy groups -OCH3 is 1. The van der Waals surface area contributed by atoms with Crippen molar-refractivity contribution in [2.45, 2.75) is 19.0 Å². The van der Waals surface area contributed by atoms with Crippen LogP contribution in [-0.2, 0) is 9.53 Å². The number of pyridine rings is 1. The van der Waals surface area contributed by atoms with Gasteiger partial charge in [0.15, 0.2) is 0 Å². The van der Waals surface area contributed by atoms with E-state index >= 15 is 0 Å². The Morgan fingerprint density at radius 2 is 1.85 bits per heavy atom. The number of aromatic nitrogens is 1. The number of nitrogens with zero attached hydrogens (tertiary/aromatic N) is 1. The van der Waals surface area contributed by atoms with Crippen LogP contribution in [-0.4, -0.2) is 24.1 Å². The monoisotopic (exact) mass is 270 g/mol. The first kappa shape index (κ1) is 14.2. The van der Waals surface area contributed by atoms with E-state index in [9.17, 15) is 4.79 Å². The van der Waals surface area contributed by atoms with Crippen molar-refractivity contribution >= 4 is 5.97 Å². The number of hydrogen-bond acceptors (Lipinski definition) is 4. The zero-order valence-electron chi connectivity index (χ0n) is 11.6. The Bertz CT molecular complexity index is 503. The van der Waals surface area contributed by atoms with Crippen molar-refractivity contribution in [1.29, 1.82) is 0 Å². The predicted molar refractivity (Wildman–Crippen MR) is 77.1 cm³/mol. The van der Waals surface area contributed by atoms with Crippen LogP contribution in [0.5, 0.6) is 0 Å². The Balaban J connectivity index is 2.28. The van der Waals surface area contributed by atoms with E-state index in [-0.39, 0.29) is 12.0 Å². The molecule has 0 aliphatic rings. The quantitative estimate of drug-likeness (QED) is 0.847. The van der Waals surface area contributed by atoms with Crippen molar-refractivity contribution in [1.82, 2.24) is 10.3 Å². The van der Waals surface area contributed by atoms with Gasteiger partial charge in [0.25, 0.3) is 0 Å². The van der Waals surface area contributed by atoms with Gasteiger partial charge in [-0.1, -0.05) is 36.4 Å². The van der Waals surface area contributed by atoms with Crippen molar-refractivity contribution < 1.29 is 9.53 Å². The van der Waals surface area contributed by atoms with Crippen molar-refractivity contribution in [3.63, 3.8) is 0 Å². The number of esters is 1. The summed E-state index contributed by atoms with van der Waals surface area (Å²) in [5.74, 6) is -0.290. The summed E-state index contributed by atoms with van der Waals surface area (Å²) in [4.78, 5) is 16.0. The number of carbonyl (C=O) groups excluding carboxylic acids is 1. The average molecular weight is 270 g/mol. The van der Waals surface area contributed by atoms with Crippen molar-refractivity contribution in [3.8, 4) is 0 Å². The zero-order valence-corrected chi connectivity index (χ0v) is 11.6. The fourth-order valence-electron chi connectivity index (χ4n) is 2.04. The summed E-state index contributed by atoms with van der Waals surface area (Å²) in [5, 5.41) is 3.26. The maximum absolute atomic E-state index is 11.6. The number of rotatable bonds is 5. The lowest BCUT2D eigenvalue weighted by Crippen LogP contribution is -2.38. The lowest BCUT2D eigenvalue weighted by atomic mass is 10.0. The third kappa shape index (κ3) is 3.42. The molecule has 2 unspecified atom stereocenters. The number of hydrogen-bond donors (Lipinski definition) is 1. The fraction of sp³-hybridized carbons (Fsp3) is 0.250. The molecule has 1 aromatic heterocycles. The highest BCUT2D eigenvalue weighted by atomic mass is 16.5. The topological polar surface area (TPSA) is 51.2 Å². The van der Waals surface area contributed by atoms with E-state index in [1.165, 1.54) is 7.11 Å². The highest BCUT2D eigenvalue weighted by Crippen LogP contribution is 2.20. The Morgan fingerprint density at radius 3 is 2.45 bits per heavy atom. The maximum Gasteiger partial charge on any atom is 0.322 e. The largest absolute Gasteiger partial charge is 0.468 e. The van der Waals surface area contributed by atoms with Gasteiger partial charge in [-0.2, -0.15) is 0 Å². The second-order valence-corrected chi connectivity index (χ2v) is 4.51. The van der Waals surface area contributed by atoms with Gasteiger partial charge in [0.05, 0.1) is 18.8 Å². The molecule has 0 radical (unpaired) electrons. The van der Waals surface area contributed by atoms with Crippen LogP contribution in [0, 0.1) is 0 Å². The number of carbonyl (C=O) groups is 1. The normalized spacial score (nSPS) is 13.5. The summed E-state index contributed by atoms with van der Waals surface area (Å²) in [7, 11) is 1.39. The van der Waals surface area contributed by atoms with Gasteiger partial charge in [0.1, 0.15) is 6.04 Å². The molecule has 0 aliphatic carbocycles. The minimum atomic E-state index is -0.410. The van der Waals surface area contributed by atoms with Crippen LogP contribution in [0.25, 0.3) is 0 Å². The molecule has 20 heavy (non-hydrogen) atoms.